The first-order chi connectivity index (χ1) is 14.1. The second-order valence-electron chi connectivity index (χ2n) is 9.74. The third kappa shape index (κ3) is 5.06. The maximum Gasteiger partial charge on any atom is 0.165 e. The van der Waals surface area contributed by atoms with Gasteiger partial charge in [0.2, 0.25) is 0 Å². The fourth-order valence-corrected chi connectivity index (χ4v) is 4.82. The number of Topliss-reactive ketones (excluding diaryl/α,β-unsaturated/α-hetero) is 1. The number of rotatable bonds is 6. The lowest BCUT2D eigenvalue weighted by molar-refractivity contribution is -0.117. The van der Waals surface area contributed by atoms with Gasteiger partial charge in [-0.3, -0.25) is 4.79 Å². The number of aromatic hydroxyl groups is 1. The number of allylic oxidation sites excluding steroid dienone is 6. The highest BCUT2D eigenvalue weighted by Gasteiger charge is 2.33. The Balaban J connectivity index is 1.61. The Morgan fingerprint density at radius 1 is 1.27 bits per heavy atom. The van der Waals surface area contributed by atoms with Gasteiger partial charge in [-0.25, -0.2) is 0 Å². The summed E-state index contributed by atoms with van der Waals surface area (Å²) in [5, 5.41) is 9.83. The molecule has 0 aromatic heterocycles. The van der Waals surface area contributed by atoms with E-state index in [1.54, 1.807) is 6.07 Å². The third-order valence-corrected chi connectivity index (χ3v) is 6.46. The number of benzene rings is 1. The first-order valence-corrected chi connectivity index (χ1v) is 11.1. The van der Waals surface area contributed by atoms with E-state index < -0.39 is 0 Å². The van der Waals surface area contributed by atoms with Gasteiger partial charge in [0.15, 0.2) is 5.78 Å². The quantitative estimate of drug-likeness (QED) is 0.537. The standard InChI is InChI=1S/C27H36O3/c1-17(2)12-24-22(14-19(4)25(24)29)13-18(3)8-7-10-27(6)11-9-21-16-23(28)15-20(5)26(21)30-27/h8,12,14-16,22,24,28H,7,9-11,13H2,1-6H3/b18-8+/t22-,24+,27-/m1/s1. The summed E-state index contributed by atoms with van der Waals surface area (Å²) in [5.74, 6) is 1.80. The summed E-state index contributed by atoms with van der Waals surface area (Å²) >= 11 is 0. The molecular formula is C27H36O3. The normalized spacial score (nSPS) is 26.1. The summed E-state index contributed by atoms with van der Waals surface area (Å²) in [6.07, 6.45) is 11.3. The van der Waals surface area contributed by atoms with Gasteiger partial charge in [0.25, 0.3) is 0 Å². The Bertz CT molecular complexity index is 914. The molecule has 0 amide bonds. The minimum Gasteiger partial charge on any atom is -0.508 e. The van der Waals surface area contributed by atoms with E-state index in [1.165, 1.54) is 11.1 Å². The fourth-order valence-electron chi connectivity index (χ4n) is 4.82. The van der Waals surface area contributed by atoms with E-state index >= 15 is 0 Å². The van der Waals surface area contributed by atoms with Gasteiger partial charge in [0.05, 0.1) is 0 Å². The largest absolute Gasteiger partial charge is 0.508 e. The maximum absolute atomic E-state index is 12.5. The Kier molecular flexibility index (Phi) is 6.59. The highest BCUT2D eigenvalue weighted by Crippen LogP contribution is 2.40. The molecule has 0 saturated heterocycles. The molecule has 162 valence electrons. The highest BCUT2D eigenvalue weighted by molar-refractivity contribution is 6.00. The molecule has 1 N–H and O–H groups in total. The van der Waals surface area contributed by atoms with Crippen molar-refractivity contribution in [2.45, 2.75) is 79.2 Å². The third-order valence-electron chi connectivity index (χ3n) is 6.46. The van der Waals surface area contributed by atoms with Crippen LogP contribution in [0.4, 0.5) is 0 Å². The summed E-state index contributed by atoms with van der Waals surface area (Å²) in [7, 11) is 0. The molecule has 1 aliphatic carbocycles. The van der Waals surface area contributed by atoms with Gasteiger partial charge >= 0.3 is 0 Å². The minimum atomic E-state index is -0.185. The monoisotopic (exact) mass is 408 g/mol. The Morgan fingerprint density at radius 3 is 2.70 bits per heavy atom. The van der Waals surface area contributed by atoms with Crippen LogP contribution >= 0.6 is 0 Å². The summed E-state index contributed by atoms with van der Waals surface area (Å²) in [6, 6.07) is 3.60. The van der Waals surface area contributed by atoms with E-state index in [0.29, 0.717) is 5.75 Å². The van der Waals surface area contributed by atoms with Crippen molar-refractivity contribution in [3.05, 3.63) is 58.2 Å². The average molecular weight is 409 g/mol. The van der Waals surface area contributed by atoms with Gasteiger partial charge in [0.1, 0.15) is 17.1 Å². The van der Waals surface area contributed by atoms with Crippen molar-refractivity contribution in [2.75, 3.05) is 0 Å². The molecule has 0 spiro atoms. The molecule has 1 heterocycles. The fraction of sp³-hybridized carbons (Fsp3) is 0.519. The number of ether oxygens (including phenoxy) is 1. The molecular weight excluding hydrogens is 372 g/mol. The van der Waals surface area contributed by atoms with Crippen molar-refractivity contribution in [3.8, 4) is 11.5 Å². The van der Waals surface area contributed by atoms with E-state index in [9.17, 15) is 9.90 Å². The van der Waals surface area contributed by atoms with Crippen LogP contribution in [0.1, 0.15) is 71.4 Å². The van der Waals surface area contributed by atoms with E-state index in [-0.39, 0.29) is 23.2 Å². The number of hydrogen-bond donors (Lipinski definition) is 1. The van der Waals surface area contributed by atoms with Gasteiger partial charge in [-0.15, -0.1) is 0 Å². The number of aryl methyl sites for hydroxylation is 2. The SMILES string of the molecule is CC(C)=C[C@@H]1C(=O)C(C)=C[C@H]1C/C(C)=C/CC[C@]1(C)CCc2cc(O)cc(C)c2O1. The van der Waals surface area contributed by atoms with Crippen molar-refractivity contribution < 1.29 is 14.6 Å². The van der Waals surface area contributed by atoms with Gasteiger partial charge in [-0.1, -0.05) is 29.4 Å². The lowest BCUT2D eigenvalue weighted by Gasteiger charge is -2.36. The molecule has 0 bridgehead atoms. The molecule has 1 aromatic rings. The van der Waals surface area contributed by atoms with Crippen LogP contribution in [0.3, 0.4) is 0 Å². The second kappa shape index (κ2) is 8.83. The summed E-state index contributed by atoms with van der Waals surface area (Å²) in [6.45, 7) is 12.4. The second-order valence-corrected chi connectivity index (χ2v) is 9.74. The summed E-state index contributed by atoms with van der Waals surface area (Å²) < 4.78 is 6.41. The van der Waals surface area contributed by atoms with Crippen LogP contribution in [0, 0.1) is 18.8 Å². The number of fused-ring (bicyclic) bond motifs is 1. The van der Waals surface area contributed by atoms with Crippen LogP contribution in [-0.2, 0) is 11.2 Å². The molecule has 0 fully saturated rings. The average Bonchev–Trinajstić information content (AvgIpc) is 2.89. The van der Waals surface area contributed by atoms with Crippen LogP contribution in [-0.4, -0.2) is 16.5 Å². The molecule has 0 saturated carbocycles. The van der Waals surface area contributed by atoms with Crippen LogP contribution in [0.2, 0.25) is 0 Å². The molecule has 30 heavy (non-hydrogen) atoms. The van der Waals surface area contributed by atoms with Crippen molar-refractivity contribution >= 4 is 5.78 Å². The van der Waals surface area contributed by atoms with Crippen molar-refractivity contribution in [3.63, 3.8) is 0 Å². The molecule has 3 nitrogen and oxygen atoms in total. The number of carbonyl (C=O) groups is 1. The molecule has 3 heteroatoms. The molecule has 2 aliphatic rings. The number of phenols is 1. The predicted octanol–water partition coefficient (Wildman–Crippen LogP) is 6.63. The zero-order valence-electron chi connectivity index (χ0n) is 19.3. The van der Waals surface area contributed by atoms with Crippen LogP contribution in [0.25, 0.3) is 0 Å². The number of ketones is 1. The summed E-state index contributed by atoms with van der Waals surface area (Å²) in [4.78, 5) is 12.5. The number of carbonyl (C=O) groups excluding carboxylic acids is 1. The smallest absolute Gasteiger partial charge is 0.165 e. The van der Waals surface area contributed by atoms with Crippen molar-refractivity contribution in [2.24, 2.45) is 11.8 Å². The first kappa shape index (κ1) is 22.4. The topological polar surface area (TPSA) is 46.5 Å². The first-order valence-electron chi connectivity index (χ1n) is 11.1. The van der Waals surface area contributed by atoms with Gasteiger partial charge in [0, 0.05) is 5.92 Å². The predicted molar refractivity (Wildman–Crippen MR) is 123 cm³/mol. The number of hydrogen-bond acceptors (Lipinski definition) is 3. The van der Waals surface area contributed by atoms with Gasteiger partial charge in [-0.2, -0.15) is 0 Å². The Morgan fingerprint density at radius 2 is 2.00 bits per heavy atom. The minimum absolute atomic E-state index is 0.00608. The highest BCUT2D eigenvalue weighted by atomic mass is 16.5. The molecule has 1 aliphatic heterocycles. The zero-order chi connectivity index (χ0) is 22.1. The lowest BCUT2D eigenvalue weighted by atomic mass is 9.86. The molecule has 1 aromatic carbocycles. The number of phenolic OH excluding ortho intramolecular Hbond substituents is 1. The van der Waals surface area contributed by atoms with E-state index in [1.807, 2.05) is 19.9 Å². The zero-order valence-corrected chi connectivity index (χ0v) is 19.3. The molecule has 0 unspecified atom stereocenters. The van der Waals surface area contributed by atoms with E-state index in [2.05, 4.69) is 45.9 Å². The molecule has 3 rings (SSSR count). The molecule has 0 radical (unpaired) electrons. The van der Waals surface area contributed by atoms with Crippen molar-refractivity contribution in [1.29, 1.82) is 0 Å². The Hall–Kier alpha value is -2.29. The maximum atomic E-state index is 12.5. The summed E-state index contributed by atoms with van der Waals surface area (Å²) in [5.41, 5.74) is 5.37. The Labute approximate surface area is 181 Å². The molecule has 3 atom stereocenters. The lowest BCUT2D eigenvalue weighted by Crippen LogP contribution is -2.36. The van der Waals surface area contributed by atoms with E-state index in [4.69, 9.17) is 4.74 Å². The van der Waals surface area contributed by atoms with Crippen LogP contribution in [0.5, 0.6) is 11.5 Å². The van der Waals surface area contributed by atoms with E-state index in [0.717, 1.165) is 54.6 Å². The van der Waals surface area contributed by atoms with Gasteiger partial charge in [-0.05, 0) is 108 Å². The van der Waals surface area contributed by atoms with Crippen LogP contribution < -0.4 is 4.74 Å². The van der Waals surface area contributed by atoms with Crippen molar-refractivity contribution in [1.82, 2.24) is 0 Å². The van der Waals surface area contributed by atoms with Crippen LogP contribution in [0.15, 0.2) is 47.1 Å². The van der Waals surface area contributed by atoms with Gasteiger partial charge < -0.3 is 9.84 Å².